The third kappa shape index (κ3) is 2.24. The average molecular weight is 224 g/mol. The van der Waals surface area contributed by atoms with Crippen LogP contribution >= 0.6 is 0 Å². The lowest BCUT2D eigenvalue weighted by Crippen LogP contribution is -2.45. The van der Waals surface area contributed by atoms with Gasteiger partial charge in [0.1, 0.15) is 0 Å². The average Bonchev–Trinajstić information content (AvgIpc) is 2.68. The molecule has 1 fully saturated rings. The first-order chi connectivity index (χ1) is 7.68. The summed E-state index contributed by atoms with van der Waals surface area (Å²) in [4.78, 5) is 11.8. The number of carbonyl (C=O) groups excluding carboxylic acids is 1. The van der Waals surface area contributed by atoms with Gasteiger partial charge in [0.15, 0.2) is 0 Å². The molecule has 88 valence electrons. The number of amides is 1. The summed E-state index contributed by atoms with van der Waals surface area (Å²) in [5, 5.41) is 16.1. The minimum absolute atomic E-state index is 0.161. The number of nitrogens with zero attached hydrogens (tertiary/aromatic N) is 1. The monoisotopic (exact) mass is 224 g/mol. The highest BCUT2D eigenvalue weighted by molar-refractivity contribution is 5.92. The van der Waals surface area contributed by atoms with Gasteiger partial charge in [0.2, 0.25) is 5.76 Å². The zero-order valence-electron chi connectivity index (χ0n) is 9.27. The Hall–Kier alpha value is -1.36. The quantitative estimate of drug-likeness (QED) is 0.786. The maximum Gasteiger partial charge on any atom is 0.290 e. The summed E-state index contributed by atoms with van der Waals surface area (Å²) in [6, 6.07) is -0.161. The van der Waals surface area contributed by atoms with Crippen molar-refractivity contribution in [2.75, 3.05) is 0 Å². The number of nitrogens with one attached hydrogen (secondary N) is 1. The summed E-state index contributed by atoms with van der Waals surface area (Å²) >= 11 is 0. The van der Waals surface area contributed by atoms with Gasteiger partial charge in [0.05, 0.1) is 18.3 Å². The van der Waals surface area contributed by atoms with Crippen LogP contribution in [0, 0.1) is 6.92 Å². The highest BCUT2D eigenvalue weighted by atomic mass is 16.5. The van der Waals surface area contributed by atoms with Gasteiger partial charge in [-0.3, -0.25) is 4.79 Å². The van der Waals surface area contributed by atoms with E-state index in [-0.39, 0.29) is 17.7 Å². The summed E-state index contributed by atoms with van der Waals surface area (Å²) in [6.07, 6.45) is 4.69. The lowest BCUT2D eigenvalue weighted by molar-refractivity contribution is 0.0691. The van der Waals surface area contributed by atoms with E-state index in [1.807, 2.05) is 0 Å². The Balaban J connectivity index is 1.99. The third-order valence-corrected chi connectivity index (χ3v) is 3.00. The molecule has 1 heterocycles. The van der Waals surface area contributed by atoms with Crippen LogP contribution in [0.1, 0.15) is 41.8 Å². The lowest BCUT2D eigenvalue weighted by Gasteiger charge is -2.27. The summed E-state index contributed by atoms with van der Waals surface area (Å²) in [5.41, 5.74) is 0.711. The Morgan fingerprint density at radius 1 is 1.56 bits per heavy atom. The molecule has 0 spiro atoms. The molecule has 2 atom stereocenters. The number of hydrogen-bond donors (Lipinski definition) is 2. The molecule has 0 saturated heterocycles. The van der Waals surface area contributed by atoms with E-state index in [2.05, 4.69) is 10.5 Å². The van der Waals surface area contributed by atoms with Crippen LogP contribution in [0.25, 0.3) is 0 Å². The van der Waals surface area contributed by atoms with Crippen LogP contribution in [0.3, 0.4) is 0 Å². The molecule has 2 N–H and O–H groups in total. The molecular formula is C11H16N2O3. The van der Waals surface area contributed by atoms with Crippen LogP contribution in [0.2, 0.25) is 0 Å². The molecule has 16 heavy (non-hydrogen) atoms. The van der Waals surface area contributed by atoms with Crippen molar-refractivity contribution in [1.29, 1.82) is 0 Å². The normalized spacial score (nSPS) is 25.4. The van der Waals surface area contributed by atoms with E-state index in [0.29, 0.717) is 5.56 Å². The van der Waals surface area contributed by atoms with Crippen molar-refractivity contribution in [3.05, 3.63) is 17.5 Å². The van der Waals surface area contributed by atoms with Crippen molar-refractivity contribution in [3.8, 4) is 0 Å². The third-order valence-electron chi connectivity index (χ3n) is 3.00. The minimum atomic E-state index is -0.444. The molecule has 0 aliphatic heterocycles. The van der Waals surface area contributed by atoms with Crippen LogP contribution in [0.15, 0.2) is 10.7 Å². The topological polar surface area (TPSA) is 75.4 Å². The maximum absolute atomic E-state index is 11.8. The molecule has 0 radical (unpaired) electrons. The van der Waals surface area contributed by atoms with Crippen molar-refractivity contribution in [2.24, 2.45) is 0 Å². The van der Waals surface area contributed by atoms with Crippen molar-refractivity contribution in [2.45, 2.75) is 44.8 Å². The molecule has 0 bridgehead atoms. The summed E-state index contributed by atoms with van der Waals surface area (Å²) in [5.74, 6) is -0.0567. The standard InChI is InChI=1S/C11H16N2O3/c1-7-6-12-16-10(7)11(15)13-8-4-2-3-5-9(8)14/h6,8-9,14H,2-5H2,1H3,(H,13,15)/t8-,9-/m0/s1. The van der Waals surface area contributed by atoms with Crippen molar-refractivity contribution in [3.63, 3.8) is 0 Å². The Morgan fingerprint density at radius 2 is 2.31 bits per heavy atom. The van der Waals surface area contributed by atoms with Gasteiger partial charge >= 0.3 is 0 Å². The van der Waals surface area contributed by atoms with Gasteiger partial charge in [-0.1, -0.05) is 18.0 Å². The molecule has 1 aliphatic carbocycles. The largest absolute Gasteiger partial charge is 0.391 e. The van der Waals surface area contributed by atoms with Crippen LogP contribution in [0.4, 0.5) is 0 Å². The first-order valence-corrected chi connectivity index (χ1v) is 5.58. The summed E-state index contributed by atoms with van der Waals surface area (Å²) < 4.78 is 4.86. The fourth-order valence-corrected chi connectivity index (χ4v) is 2.02. The van der Waals surface area contributed by atoms with Gasteiger partial charge in [0.25, 0.3) is 5.91 Å². The Kier molecular flexibility index (Phi) is 3.24. The van der Waals surface area contributed by atoms with E-state index in [9.17, 15) is 9.90 Å². The molecule has 1 aliphatic rings. The molecule has 1 aromatic rings. The van der Waals surface area contributed by atoms with Crippen LogP contribution < -0.4 is 5.32 Å². The number of aliphatic hydroxyl groups excluding tert-OH is 1. The first kappa shape index (κ1) is 11.1. The minimum Gasteiger partial charge on any atom is -0.391 e. The smallest absolute Gasteiger partial charge is 0.290 e. The van der Waals surface area contributed by atoms with E-state index >= 15 is 0 Å². The number of hydrogen-bond acceptors (Lipinski definition) is 4. The summed E-state index contributed by atoms with van der Waals surface area (Å²) in [7, 11) is 0. The predicted octanol–water partition coefficient (Wildman–Crippen LogP) is 1.02. The zero-order valence-corrected chi connectivity index (χ0v) is 9.27. The van der Waals surface area contributed by atoms with Gasteiger partial charge in [-0.15, -0.1) is 0 Å². The van der Waals surface area contributed by atoms with Gasteiger partial charge in [-0.05, 0) is 19.8 Å². The lowest BCUT2D eigenvalue weighted by atomic mass is 9.92. The number of carbonyl (C=O) groups is 1. The summed E-state index contributed by atoms with van der Waals surface area (Å²) in [6.45, 7) is 1.77. The molecule has 1 saturated carbocycles. The molecule has 1 amide bonds. The van der Waals surface area contributed by atoms with Gasteiger partial charge < -0.3 is 14.9 Å². The second-order valence-electron chi connectivity index (χ2n) is 4.27. The van der Waals surface area contributed by atoms with Gasteiger partial charge in [-0.2, -0.15) is 0 Å². The number of rotatable bonds is 2. The number of aliphatic hydroxyl groups is 1. The Labute approximate surface area is 93.8 Å². The first-order valence-electron chi connectivity index (χ1n) is 5.58. The molecule has 2 rings (SSSR count). The SMILES string of the molecule is Cc1cnoc1C(=O)N[C@H]1CCCC[C@@H]1O. The highest BCUT2D eigenvalue weighted by Gasteiger charge is 2.26. The zero-order chi connectivity index (χ0) is 11.5. The van der Waals surface area contributed by atoms with Crippen LogP contribution in [0.5, 0.6) is 0 Å². The Bertz CT molecular complexity index is 375. The second kappa shape index (κ2) is 4.65. The van der Waals surface area contributed by atoms with Crippen molar-refractivity contribution < 1.29 is 14.4 Å². The van der Waals surface area contributed by atoms with Gasteiger partial charge in [-0.25, -0.2) is 0 Å². The maximum atomic E-state index is 11.8. The highest BCUT2D eigenvalue weighted by Crippen LogP contribution is 2.19. The van der Waals surface area contributed by atoms with E-state index in [1.165, 1.54) is 6.20 Å². The van der Waals surface area contributed by atoms with E-state index < -0.39 is 6.10 Å². The predicted molar refractivity (Wildman–Crippen MR) is 57.0 cm³/mol. The van der Waals surface area contributed by atoms with E-state index in [1.54, 1.807) is 6.92 Å². The molecule has 0 unspecified atom stereocenters. The molecular weight excluding hydrogens is 208 g/mol. The molecule has 5 nitrogen and oxygen atoms in total. The molecule has 0 aromatic carbocycles. The molecule has 5 heteroatoms. The Morgan fingerprint density at radius 3 is 2.94 bits per heavy atom. The van der Waals surface area contributed by atoms with Crippen molar-refractivity contribution >= 4 is 5.91 Å². The fourth-order valence-electron chi connectivity index (χ4n) is 2.02. The van der Waals surface area contributed by atoms with Crippen LogP contribution in [-0.4, -0.2) is 28.3 Å². The molecule has 1 aromatic heterocycles. The van der Waals surface area contributed by atoms with E-state index in [4.69, 9.17) is 4.52 Å². The van der Waals surface area contributed by atoms with Gasteiger partial charge in [0, 0.05) is 5.56 Å². The number of aromatic nitrogens is 1. The van der Waals surface area contributed by atoms with Crippen molar-refractivity contribution in [1.82, 2.24) is 10.5 Å². The van der Waals surface area contributed by atoms with E-state index in [0.717, 1.165) is 25.7 Å². The number of aryl methyl sites for hydroxylation is 1. The van der Waals surface area contributed by atoms with Crippen LogP contribution in [-0.2, 0) is 0 Å². The second-order valence-corrected chi connectivity index (χ2v) is 4.27. The fraction of sp³-hybridized carbons (Fsp3) is 0.636.